The number of ether oxygens (including phenoxy) is 3. The molecule has 1 saturated heterocycles. The molecule has 5 atom stereocenters. The molecule has 1 spiro atoms. The van der Waals surface area contributed by atoms with E-state index in [0.29, 0.717) is 25.6 Å². The van der Waals surface area contributed by atoms with Crippen LogP contribution < -0.4 is 0 Å². The van der Waals surface area contributed by atoms with Gasteiger partial charge < -0.3 is 19.3 Å². The van der Waals surface area contributed by atoms with Gasteiger partial charge in [0.05, 0.1) is 32.3 Å². The average molecular weight is 379 g/mol. The topological polar surface area (TPSA) is 65.0 Å². The quantitative estimate of drug-likeness (QED) is 0.559. The molecule has 0 unspecified atom stereocenters. The summed E-state index contributed by atoms with van der Waals surface area (Å²) >= 11 is 0. The summed E-state index contributed by atoms with van der Waals surface area (Å²) in [5.74, 6) is -0.832. The van der Waals surface area contributed by atoms with Gasteiger partial charge in [0.2, 0.25) is 0 Å². The summed E-state index contributed by atoms with van der Waals surface area (Å²) in [6.45, 7) is 10.4. The van der Waals surface area contributed by atoms with Gasteiger partial charge in [0.1, 0.15) is 0 Å². The Morgan fingerprint density at radius 1 is 1.11 bits per heavy atom. The van der Waals surface area contributed by atoms with Gasteiger partial charge in [0.25, 0.3) is 0 Å². The molecule has 4 rings (SSSR count). The third-order valence-electron chi connectivity index (χ3n) is 8.65. The van der Waals surface area contributed by atoms with Crippen LogP contribution in [0.2, 0.25) is 0 Å². The Hall–Kier alpha value is -0.910. The summed E-state index contributed by atoms with van der Waals surface area (Å²) in [6.07, 6.45) is 5.82. The molecule has 3 aliphatic carbocycles. The van der Waals surface area contributed by atoms with Crippen molar-refractivity contribution < 1.29 is 24.1 Å². The van der Waals surface area contributed by atoms with E-state index in [2.05, 4.69) is 33.8 Å². The van der Waals surface area contributed by atoms with E-state index in [-0.39, 0.29) is 22.2 Å². The van der Waals surface area contributed by atoms with Crippen LogP contribution in [0.4, 0.5) is 0 Å². The second-order valence-corrected chi connectivity index (χ2v) is 10.0. The molecule has 1 heterocycles. The minimum Gasteiger partial charge on any atom is -0.469 e. The number of hydrogen-bond donors (Lipinski definition) is 1. The monoisotopic (exact) mass is 378 g/mol. The number of carbonyl (C=O) groups is 1. The molecule has 5 heteroatoms. The number of esters is 1. The van der Waals surface area contributed by atoms with Crippen LogP contribution in [-0.4, -0.2) is 43.3 Å². The molecule has 0 aromatic carbocycles. The molecule has 1 aliphatic heterocycles. The van der Waals surface area contributed by atoms with Crippen LogP contribution in [0.1, 0.15) is 59.8 Å². The van der Waals surface area contributed by atoms with E-state index >= 15 is 0 Å². The maximum absolute atomic E-state index is 12.2. The maximum Gasteiger partial charge on any atom is 0.311 e. The second-order valence-electron chi connectivity index (χ2n) is 10.0. The van der Waals surface area contributed by atoms with Crippen LogP contribution in [0.5, 0.6) is 0 Å². The molecule has 5 nitrogen and oxygen atoms in total. The third kappa shape index (κ3) is 2.37. The van der Waals surface area contributed by atoms with Gasteiger partial charge in [-0.3, -0.25) is 4.79 Å². The third-order valence-corrected chi connectivity index (χ3v) is 8.65. The molecule has 0 amide bonds. The number of rotatable bonds is 1. The lowest BCUT2D eigenvalue weighted by atomic mass is 9.42. The Kier molecular flexibility index (Phi) is 4.34. The van der Waals surface area contributed by atoms with Crippen LogP contribution in [0, 0.1) is 28.1 Å². The summed E-state index contributed by atoms with van der Waals surface area (Å²) in [5, 5.41) is 11.2. The lowest BCUT2D eigenvalue weighted by molar-refractivity contribution is -0.286. The lowest BCUT2D eigenvalue weighted by Crippen LogP contribution is -2.63. The second kappa shape index (κ2) is 6.04. The molecule has 152 valence electrons. The Labute approximate surface area is 162 Å². The molecule has 3 fully saturated rings. The predicted octanol–water partition coefficient (Wildman–Crippen LogP) is 3.45. The maximum atomic E-state index is 12.2. The van der Waals surface area contributed by atoms with Crippen molar-refractivity contribution in [1.29, 1.82) is 0 Å². The number of methoxy groups -OCH3 is 1. The zero-order chi connectivity index (χ0) is 19.7. The lowest BCUT2D eigenvalue weighted by Gasteiger charge is -2.65. The van der Waals surface area contributed by atoms with Crippen molar-refractivity contribution in [2.45, 2.75) is 71.7 Å². The summed E-state index contributed by atoms with van der Waals surface area (Å²) in [5.41, 5.74) is 0.835. The van der Waals surface area contributed by atoms with Crippen LogP contribution in [0.3, 0.4) is 0 Å². The van der Waals surface area contributed by atoms with Gasteiger partial charge >= 0.3 is 5.97 Å². The first-order valence-corrected chi connectivity index (χ1v) is 10.4. The van der Waals surface area contributed by atoms with Gasteiger partial charge in [-0.1, -0.05) is 39.3 Å². The molecule has 0 radical (unpaired) electrons. The first kappa shape index (κ1) is 19.4. The highest BCUT2D eigenvalue weighted by atomic mass is 16.7. The van der Waals surface area contributed by atoms with E-state index in [1.165, 1.54) is 12.7 Å². The van der Waals surface area contributed by atoms with Crippen LogP contribution >= 0.6 is 0 Å². The van der Waals surface area contributed by atoms with Gasteiger partial charge in [-0.15, -0.1) is 0 Å². The predicted molar refractivity (Wildman–Crippen MR) is 101 cm³/mol. The largest absolute Gasteiger partial charge is 0.469 e. The molecular weight excluding hydrogens is 344 g/mol. The fraction of sp³-hybridized carbons (Fsp3) is 0.864. The van der Waals surface area contributed by atoms with Gasteiger partial charge in [-0.25, -0.2) is 0 Å². The van der Waals surface area contributed by atoms with Gasteiger partial charge in [-0.2, -0.15) is 0 Å². The van der Waals surface area contributed by atoms with Crippen molar-refractivity contribution in [2.75, 3.05) is 20.3 Å². The number of fused-ring (bicyclic) bond motifs is 3. The van der Waals surface area contributed by atoms with Crippen LogP contribution in [-0.2, 0) is 19.0 Å². The fourth-order valence-electron chi connectivity index (χ4n) is 7.15. The summed E-state index contributed by atoms with van der Waals surface area (Å²) < 4.78 is 17.3. The number of allylic oxidation sites excluding steroid dienone is 1. The van der Waals surface area contributed by atoms with E-state index in [4.69, 9.17) is 14.2 Å². The molecule has 4 aliphatic rings. The smallest absolute Gasteiger partial charge is 0.311 e. The van der Waals surface area contributed by atoms with E-state index in [1.54, 1.807) is 0 Å². The normalized spacial score (nSPS) is 45.0. The molecule has 2 saturated carbocycles. The highest BCUT2D eigenvalue weighted by molar-refractivity contribution is 5.74. The van der Waals surface area contributed by atoms with E-state index in [1.807, 2.05) is 0 Å². The molecule has 0 aromatic rings. The minimum atomic E-state index is -0.694. The van der Waals surface area contributed by atoms with Gasteiger partial charge in [-0.05, 0) is 37.0 Å². The Morgan fingerprint density at radius 2 is 1.78 bits per heavy atom. The standard InChI is InChI=1S/C22H34O5/c1-19(2)15-8-9-21(4)16(7-6-14(17(21)23)18(24)25-5)20(15,3)10-11-22(19)26-12-13-27-22/h7,14-15,17,23H,6,8-13H2,1-5H3/t14-,15-,17+,20-,21+/m0/s1. The van der Waals surface area contributed by atoms with Crippen molar-refractivity contribution in [3.63, 3.8) is 0 Å². The van der Waals surface area contributed by atoms with Crippen molar-refractivity contribution in [1.82, 2.24) is 0 Å². The zero-order valence-corrected chi connectivity index (χ0v) is 17.3. The van der Waals surface area contributed by atoms with E-state index in [0.717, 1.165) is 25.7 Å². The van der Waals surface area contributed by atoms with Crippen molar-refractivity contribution >= 4 is 5.97 Å². The zero-order valence-electron chi connectivity index (χ0n) is 17.3. The molecule has 0 aromatic heterocycles. The SMILES string of the molecule is COC(=O)[C@H]1CC=C2[C@@](C)(CC[C@H]3C(C)(C)C4(CC[C@]23C)OCCO4)[C@@H]1O. The number of aliphatic hydroxyl groups excluding tert-OH is 1. The molecule has 1 N–H and O–H groups in total. The van der Waals surface area contributed by atoms with Crippen LogP contribution in [0.25, 0.3) is 0 Å². The first-order chi connectivity index (χ1) is 12.6. The molecular formula is C22H34O5. The summed E-state index contributed by atoms with van der Waals surface area (Å²) in [4.78, 5) is 12.2. The number of carbonyl (C=O) groups excluding carboxylic acids is 1. The Morgan fingerprint density at radius 3 is 2.41 bits per heavy atom. The van der Waals surface area contributed by atoms with Crippen LogP contribution in [0.15, 0.2) is 11.6 Å². The van der Waals surface area contributed by atoms with Gasteiger partial charge in [0.15, 0.2) is 5.79 Å². The summed E-state index contributed by atoms with van der Waals surface area (Å²) in [7, 11) is 1.40. The van der Waals surface area contributed by atoms with Gasteiger partial charge in [0, 0.05) is 17.3 Å². The highest BCUT2D eigenvalue weighted by Gasteiger charge is 2.67. The first-order valence-electron chi connectivity index (χ1n) is 10.4. The highest BCUT2D eigenvalue weighted by Crippen LogP contribution is 2.69. The fourth-order valence-corrected chi connectivity index (χ4v) is 7.15. The van der Waals surface area contributed by atoms with E-state index < -0.39 is 17.8 Å². The summed E-state index contributed by atoms with van der Waals surface area (Å²) in [6, 6.07) is 0. The average Bonchev–Trinajstić information content (AvgIpc) is 3.11. The van der Waals surface area contributed by atoms with Crippen molar-refractivity contribution in [3.8, 4) is 0 Å². The molecule has 27 heavy (non-hydrogen) atoms. The van der Waals surface area contributed by atoms with Crippen molar-refractivity contribution in [3.05, 3.63) is 11.6 Å². The Balaban J connectivity index is 1.73. The number of hydrogen-bond acceptors (Lipinski definition) is 5. The Bertz CT molecular complexity index is 662. The minimum absolute atomic E-state index is 0.0148. The van der Waals surface area contributed by atoms with Crippen molar-refractivity contribution in [2.24, 2.45) is 28.1 Å². The van der Waals surface area contributed by atoms with E-state index in [9.17, 15) is 9.90 Å². The molecule has 0 bridgehead atoms. The number of aliphatic hydroxyl groups is 1.